The second-order valence-corrected chi connectivity index (χ2v) is 4.15. The maximum absolute atomic E-state index is 12.0. The van der Waals surface area contributed by atoms with Crippen LogP contribution >= 0.6 is 0 Å². The van der Waals surface area contributed by atoms with Crippen LogP contribution in [0.25, 0.3) is 21.7 Å². The summed E-state index contributed by atoms with van der Waals surface area (Å²) in [4.78, 5) is 12.0. The minimum Gasteiger partial charge on any atom is -0.348 e. The van der Waals surface area contributed by atoms with E-state index < -0.39 is 0 Å². The van der Waals surface area contributed by atoms with Crippen molar-refractivity contribution in [3.8, 4) is 0 Å². The summed E-state index contributed by atoms with van der Waals surface area (Å²) >= 11 is 0. The van der Waals surface area contributed by atoms with Crippen molar-refractivity contribution in [1.29, 1.82) is 0 Å². The Kier molecular flexibility index (Phi) is 2.22. The van der Waals surface area contributed by atoms with E-state index >= 15 is 0 Å². The summed E-state index contributed by atoms with van der Waals surface area (Å²) in [6.07, 6.45) is 1.86. The van der Waals surface area contributed by atoms with Gasteiger partial charge in [-0.25, -0.2) is 0 Å². The molecule has 0 saturated heterocycles. The Labute approximate surface area is 99.1 Å². The van der Waals surface area contributed by atoms with Gasteiger partial charge in [-0.05, 0) is 23.8 Å². The second-order valence-electron chi connectivity index (χ2n) is 4.15. The lowest BCUT2D eigenvalue weighted by molar-refractivity contribution is 0.788. The molecule has 0 spiro atoms. The first-order valence-corrected chi connectivity index (χ1v) is 5.82. The smallest absolute Gasteiger partial charge is 0.190 e. The lowest BCUT2D eigenvalue weighted by Gasteiger charge is -2.09. The van der Waals surface area contributed by atoms with E-state index in [4.69, 9.17) is 0 Å². The normalized spacial score (nSPS) is 11.1. The van der Waals surface area contributed by atoms with Crippen LogP contribution in [0.2, 0.25) is 0 Å². The maximum Gasteiger partial charge on any atom is 0.190 e. The van der Waals surface area contributed by atoms with Crippen LogP contribution in [0, 0.1) is 0 Å². The fraction of sp³-hybridized carbons (Fsp3) is 0.133. The molecule has 2 heteroatoms. The molecule has 3 aromatic rings. The van der Waals surface area contributed by atoms with E-state index in [1.54, 1.807) is 6.07 Å². The molecule has 0 aliphatic carbocycles. The molecule has 2 nitrogen and oxygen atoms in total. The molecule has 17 heavy (non-hydrogen) atoms. The number of benzene rings is 2. The summed E-state index contributed by atoms with van der Waals surface area (Å²) in [5.41, 5.74) is 1.11. The Balaban J connectivity index is 2.62. The Morgan fingerprint density at radius 1 is 1.06 bits per heavy atom. The van der Waals surface area contributed by atoms with Crippen molar-refractivity contribution in [2.24, 2.45) is 0 Å². The van der Waals surface area contributed by atoms with E-state index in [9.17, 15) is 4.79 Å². The average Bonchev–Trinajstić information content (AvgIpc) is 2.39. The summed E-state index contributed by atoms with van der Waals surface area (Å²) in [6.45, 7) is 2.95. The molecule has 0 amide bonds. The van der Waals surface area contributed by atoms with Crippen LogP contribution in [-0.4, -0.2) is 4.57 Å². The number of hydrogen-bond donors (Lipinski definition) is 0. The minimum atomic E-state index is 0.0986. The quantitative estimate of drug-likeness (QED) is 0.581. The molecule has 2 aromatic carbocycles. The number of rotatable bonds is 1. The van der Waals surface area contributed by atoms with Crippen molar-refractivity contribution in [2.75, 3.05) is 0 Å². The van der Waals surface area contributed by atoms with Gasteiger partial charge in [-0.15, -0.1) is 0 Å². The lowest BCUT2D eigenvalue weighted by Crippen LogP contribution is -2.07. The maximum atomic E-state index is 12.0. The highest BCUT2D eigenvalue weighted by Crippen LogP contribution is 2.22. The van der Waals surface area contributed by atoms with Crippen molar-refractivity contribution in [2.45, 2.75) is 13.5 Å². The first kappa shape index (κ1) is 10.1. The standard InChI is InChI=1S/C15H13NO/c1-2-16-10-9-14(17)15-12-6-4-3-5-11(12)7-8-13(15)16/h3-10H,2H2,1H3. The largest absolute Gasteiger partial charge is 0.348 e. The molecule has 0 atom stereocenters. The number of hydrogen-bond acceptors (Lipinski definition) is 1. The summed E-state index contributed by atoms with van der Waals surface area (Å²) in [5.74, 6) is 0. The number of nitrogens with zero attached hydrogens (tertiary/aromatic N) is 1. The van der Waals surface area contributed by atoms with Gasteiger partial charge in [0.25, 0.3) is 0 Å². The molecule has 0 radical (unpaired) electrons. The highest BCUT2D eigenvalue weighted by atomic mass is 16.1. The molecular weight excluding hydrogens is 210 g/mol. The zero-order chi connectivity index (χ0) is 11.8. The van der Waals surface area contributed by atoms with Gasteiger partial charge in [0.05, 0.1) is 10.9 Å². The molecule has 0 fully saturated rings. The van der Waals surface area contributed by atoms with Crippen molar-refractivity contribution in [1.82, 2.24) is 4.57 Å². The van der Waals surface area contributed by atoms with Crippen molar-refractivity contribution < 1.29 is 0 Å². The van der Waals surface area contributed by atoms with Crippen LogP contribution < -0.4 is 5.43 Å². The van der Waals surface area contributed by atoms with Gasteiger partial charge in [0.2, 0.25) is 0 Å². The summed E-state index contributed by atoms with van der Waals surface area (Å²) in [7, 11) is 0. The van der Waals surface area contributed by atoms with Gasteiger partial charge in [-0.3, -0.25) is 4.79 Å². The van der Waals surface area contributed by atoms with Crippen LogP contribution in [-0.2, 0) is 6.54 Å². The SMILES string of the molecule is CCn1ccc(=O)c2c3ccccc3ccc21. The number of aromatic nitrogens is 1. The second kappa shape index (κ2) is 3.74. The van der Waals surface area contributed by atoms with Crippen LogP contribution in [0.4, 0.5) is 0 Å². The molecule has 84 valence electrons. The number of aryl methyl sites for hydroxylation is 1. The van der Waals surface area contributed by atoms with Gasteiger partial charge >= 0.3 is 0 Å². The third kappa shape index (κ3) is 1.45. The van der Waals surface area contributed by atoms with Crippen molar-refractivity contribution in [3.63, 3.8) is 0 Å². The van der Waals surface area contributed by atoms with Gasteiger partial charge in [0.1, 0.15) is 0 Å². The Morgan fingerprint density at radius 2 is 1.88 bits per heavy atom. The predicted molar refractivity (Wildman–Crippen MR) is 71.4 cm³/mol. The number of pyridine rings is 1. The topological polar surface area (TPSA) is 22.0 Å². The molecule has 1 heterocycles. The monoisotopic (exact) mass is 223 g/mol. The third-order valence-corrected chi connectivity index (χ3v) is 3.21. The summed E-state index contributed by atoms with van der Waals surface area (Å²) in [6, 6.07) is 13.8. The Bertz CT molecular complexity index is 756. The molecule has 0 aliphatic rings. The van der Waals surface area contributed by atoms with E-state index in [1.807, 2.05) is 36.5 Å². The molecule has 0 saturated carbocycles. The molecule has 0 N–H and O–H groups in total. The number of fused-ring (bicyclic) bond motifs is 3. The Hall–Kier alpha value is -2.09. The predicted octanol–water partition coefficient (Wildman–Crippen LogP) is 3.17. The minimum absolute atomic E-state index is 0.0986. The van der Waals surface area contributed by atoms with E-state index in [2.05, 4.69) is 17.6 Å². The van der Waals surface area contributed by atoms with Crippen LogP contribution in [0.1, 0.15) is 6.92 Å². The van der Waals surface area contributed by atoms with Crippen LogP contribution in [0.3, 0.4) is 0 Å². The fourth-order valence-electron chi connectivity index (χ4n) is 2.36. The zero-order valence-electron chi connectivity index (χ0n) is 9.68. The third-order valence-electron chi connectivity index (χ3n) is 3.21. The van der Waals surface area contributed by atoms with Crippen LogP contribution in [0.15, 0.2) is 53.5 Å². The lowest BCUT2D eigenvalue weighted by atomic mass is 10.0. The molecule has 0 unspecified atom stereocenters. The van der Waals surface area contributed by atoms with Gasteiger partial charge in [0, 0.05) is 18.8 Å². The van der Waals surface area contributed by atoms with Gasteiger partial charge < -0.3 is 4.57 Å². The van der Waals surface area contributed by atoms with E-state index in [-0.39, 0.29) is 5.43 Å². The van der Waals surface area contributed by atoms with Crippen molar-refractivity contribution >= 4 is 21.7 Å². The highest BCUT2D eigenvalue weighted by Gasteiger charge is 2.05. The average molecular weight is 223 g/mol. The van der Waals surface area contributed by atoms with E-state index in [1.165, 1.54) is 0 Å². The molecule has 0 bridgehead atoms. The first-order chi connectivity index (χ1) is 8.31. The van der Waals surface area contributed by atoms with E-state index in [0.717, 1.165) is 28.2 Å². The highest BCUT2D eigenvalue weighted by molar-refractivity contribution is 6.06. The zero-order valence-corrected chi connectivity index (χ0v) is 9.68. The summed E-state index contributed by atoms with van der Waals surface area (Å²) < 4.78 is 2.10. The van der Waals surface area contributed by atoms with Gasteiger partial charge in [0.15, 0.2) is 5.43 Å². The molecule has 3 rings (SSSR count). The fourth-order valence-corrected chi connectivity index (χ4v) is 2.36. The molecule has 1 aromatic heterocycles. The first-order valence-electron chi connectivity index (χ1n) is 5.82. The van der Waals surface area contributed by atoms with Crippen LogP contribution in [0.5, 0.6) is 0 Å². The summed E-state index contributed by atoms with van der Waals surface area (Å²) in [5, 5.41) is 2.98. The van der Waals surface area contributed by atoms with Gasteiger partial charge in [-0.2, -0.15) is 0 Å². The van der Waals surface area contributed by atoms with E-state index in [0.29, 0.717) is 0 Å². The van der Waals surface area contributed by atoms with Gasteiger partial charge in [-0.1, -0.05) is 30.3 Å². The molecular formula is C15H13NO. The Morgan fingerprint density at radius 3 is 2.71 bits per heavy atom. The molecule has 0 aliphatic heterocycles. The van der Waals surface area contributed by atoms with Crippen molar-refractivity contribution in [3.05, 3.63) is 58.9 Å².